The molecular weight excluding hydrogens is 331 g/mol. The molecular formula is C20H23FN4O. The molecule has 4 rings (SSSR count). The lowest BCUT2D eigenvalue weighted by atomic mass is 9.87. The Morgan fingerprint density at radius 3 is 2.81 bits per heavy atom. The molecule has 2 aliphatic heterocycles. The third-order valence-corrected chi connectivity index (χ3v) is 5.74. The van der Waals surface area contributed by atoms with Crippen molar-refractivity contribution in [3.8, 4) is 0 Å². The third kappa shape index (κ3) is 2.73. The van der Waals surface area contributed by atoms with Crippen LogP contribution in [0.25, 0.3) is 0 Å². The van der Waals surface area contributed by atoms with Crippen LogP contribution in [0.2, 0.25) is 0 Å². The van der Waals surface area contributed by atoms with Crippen molar-refractivity contribution in [2.45, 2.75) is 44.2 Å². The lowest BCUT2D eigenvalue weighted by Crippen LogP contribution is -2.49. The summed E-state index contributed by atoms with van der Waals surface area (Å²) in [6, 6.07) is 8.44. The molecule has 0 radical (unpaired) electrons. The van der Waals surface area contributed by atoms with Crippen molar-refractivity contribution >= 4 is 11.6 Å². The molecule has 2 fully saturated rings. The van der Waals surface area contributed by atoms with Gasteiger partial charge in [0, 0.05) is 24.3 Å². The number of carbonyl (C=O) groups excluding carboxylic acids is 1. The number of benzene rings is 1. The molecule has 1 atom stereocenters. The minimum atomic E-state index is -0.235. The van der Waals surface area contributed by atoms with Gasteiger partial charge in [-0.15, -0.1) is 0 Å². The van der Waals surface area contributed by atoms with Crippen LogP contribution >= 0.6 is 0 Å². The summed E-state index contributed by atoms with van der Waals surface area (Å²) in [6.07, 6.45) is 5.89. The second kappa shape index (κ2) is 6.04. The van der Waals surface area contributed by atoms with Crippen molar-refractivity contribution in [1.82, 2.24) is 15.1 Å². The summed E-state index contributed by atoms with van der Waals surface area (Å²) in [6.45, 7) is 5.80. The van der Waals surface area contributed by atoms with Gasteiger partial charge in [0.2, 0.25) is 0 Å². The van der Waals surface area contributed by atoms with Crippen LogP contribution in [0.4, 0.5) is 10.1 Å². The molecule has 0 N–H and O–H groups in total. The monoisotopic (exact) mass is 354 g/mol. The maximum atomic E-state index is 13.8. The van der Waals surface area contributed by atoms with E-state index in [9.17, 15) is 9.18 Å². The molecule has 6 heteroatoms. The number of anilines is 1. The molecule has 1 aromatic heterocycles. The number of hydrogen-bond acceptors (Lipinski definition) is 4. The van der Waals surface area contributed by atoms with Crippen LogP contribution in [0.15, 0.2) is 42.7 Å². The predicted molar refractivity (Wildman–Crippen MR) is 97.5 cm³/mol. The van der Waals surface area contributed by atoms with Gasteiger partial charge in [0.05, 0.1) is 23.5 Å². The Bertz CT molecular complexity index is 826. The predicted octanol–water partition coefficient (Wildman–Crippen LogP) is 3.28. The number of aromatic nitrogens is 2. The molecule has 1 amide bonds. The van der Waals surface area contributed by atoms with E-state index in [1.54, 1.807) is 24.4 Å². The Kier molecular flexibility index (Phi) is 3.93. The minimum absolute atomic E-state index is 0.00860. The Balaban J connectivity index is 1.67. The van der Waals surface area contributed by atoms with Gasteiger partial charge >= 0.3 is 0 Å². The zero-order valence-electron chi connectivity index (χ0n) is 15.2. The molecule has 2 aromatic rings. The van der Waals surface area contributed by atoms with E-state index in [1.807, 2.05) is 11.0 Å². The van der Waals surface area contributed by atoms with Gasteiger partial charge in [-0.05, 0) is 57.4 Å². The van der Waals surface area contributed by atoms with Crippen LogP contribution in [0.5, 0.6) is 0 Å². The maximum absolute atomic E-state index is 13.8. The Hall–Kier alpha value is -2.50. The maximum Gasteiger partial charge on any atom is 0.256 e. The first-order valence-electron chi connectivity index (χ1n) is 9.03. The molecule has 0 saturated carbocycles. The molecule has 5 nitrogen and oxygen atoms in total. The summed E-state index contributed by atoms with van der Waals surface area (Å²) < 4.78 is 13.8. The van der Waals surface area contributed by atoms with Crippen molar-refractivity contribution < 1.29 is 9.18 Å². The first kappa shape index (κ1) is 16.9. The summed E-state index contributed by atoms with van der Waals surface area (Å²) in [5, 5.41) is 7.61. The van der Waals surface area contributed by atoms with Crippen LogP contribution in [-0.2, 0) is 0 Å². The van der Waals surface area contributed by atoms with Gasteiger partial charge in [0.1, 0.15) is 5.82 Å². The number of nitrogens with zero attached hydrogens (tertiary/aromatic N) is 4. The summed E-state index contributed by atoms with van der Waals surface area (Å²) in [5.74, 6) is -0.226. The SMILES string of the molecule is CC1(C)CC2(CCCN2C(=O)c2ccnnc2)CN1c1cccc(F)c1. The number of halogens is 1. The average Bonchev–Trinajstić information content (AvgIpc) is 3.14. The number of amides is 1. The Morgan fingerprint density at radius 1 is 1.23 bits per heavy atom. The van der Waals surface area contributed by atoms with Crippen molar-refractivity contribution in [3.63, 3.8) is 0 Å². The molecule has 1 aromatic carbocycles. The van der Waals surface area contributed by atoms with E-state index >= 15 is 0 Å². The van der Waals surface area contributed by atoms with E-state index in [-0.39, 0.29) is 22.8 Å². The van der Waals surface area contributed by atoms with Crippen molar-refractivity contribution in [1.29, 1.82) is 0 Å². The lowest BCUT2D eigenvalue weighted by molar-refractivity contribution is 0.0616. The summed E-state index contributed by atoms with van der Waals surface area (Å²) in [5.41, 5.74) is 1.06. The third-order valence-electron chi connectivity index (χ3n) is 5.74. The quantitative estimate of drug-likeness (QED) is 0.830. The first-order valence-corrected chi connectivity index (χ1v) is 9.03. The van der Waals surface area contributed by atoms with Gasteiger partial charge in [-0.3, -0.25) is 4.79 Å². The highest BCUT2D eigenvalue weighted by Gasteiger charge is 2.54. The number of likely N-dealkylation sites (tertiary alicyclic amines) is 1. The van der Waals surface area contributed by atoms with Crippen molar-refractivity contribution in [3.05, 3.63) is 54.1 Å². The molecule has 136 valence electrons. The molecule has 2 saturated heterocycles. The molecule has 1 spiro atoms. The zero-order chi connectivity index (χ0) is 18.4. The second-order valence-electron chi connectivity index (χ2n) is 7.97. The number of rotatable bonds is 2. The highest BCUT2D eigenvalue weighted by molar-refractivity contribution is 5.94. The summed E-state index contributed by atoms with van der Waals surface area (Å²) in [4.78, 5) is 17.3. The van der Waals surface area contributed by atoms with Gasteiger partial charge in [-0.2, -0.15) is 10.2 Å². The lowest BCUT2D eigenvalue weighted by Gasteiger charge is -2.35. The van der Waals surface area contributed by atoms with Gasteiger partial charge < -0.3 is 9.80 Å². The highest BCUT2D eigenvalue weighted by Crippen LogP contribution is 2.47. The van der Waals surface area contributed by atoms with E-state index < -0.39 is 0 Å². The fourth-order valence-corrected chi connectivity index (χ4v) is 4.73. The van der Waals surface area contributed by atoms with E-state index in [2.05, 4.69) is 28.9 Å². The second-order valence-corrected chi connectivity index (χ2v) is 7.97. The largest absolute Gasteiger partial charge is 0.364 e. The average molecular weight is 354 g/mol. The molecule has 26 heavy (non-hydrogen) atoms. The Morgan fingerprint density at radius 2 is 2.08 bits per heavy atom. The van der Waals surface area contributed by atoms with Gasteiger partial charge in [-0.1, -0.05) is 6.07 Å². The topological polar surface area (TPSA) is 49.3 Å². The first-order chi connectivity index (χ1) is 12.4. The van der Waals surface area contributed by atoms with Gasteiger partial charge in [0.15, 0.2) is 0 Å². The van der Waals surface area contributed by atoms with E-state index in [4.69, 9.17) is 0 Å². The van der Waals surface area contributed by atoms with Crippen LogP contribution < -0.4 is 4.90 Å². The van der Waals surface area contributed by atoms with Gasteiger partial charge in [0.25, 0.3) is 5.91 Å². The van der Waals surface area contributed by atoms with E-state index in [0.29, 0.717) is 12.1 Å². The van der Waals surface area contributed by atoms with Crippen LogP contribution in [0.3, 0.4) is 0 Å². The van der Waals surface area contributed by atoms with Crippen molar-refractivity contribution in [2.75, 3.05) is 18.0 Å². The van der Waals surface area contributed by atoms with Crippen LogP contribution in [-0.4, -0.2) is 45.2 Å². The molecule has 1 unspecified atom stereocenters. The van der Waals surface area contributed by atoms with Gasteiger partial charge in [-0.25, -0.2) is 4.39 Å². The minimum Gasteiger partial charge on any atom is -0.364 e. The van der Waals surface area contributed by atoms with Crippen LogP contribution in [0.1, 0.15) is 43.5 Å². The molecule has 2 aliphatic rings. The highest BCUT2D eigenvalue weighted by atomic mass is 19.1. The Labute approximate surface area is 152 Å². The van der Waals surface area contributed by atoms with Crippen molar-refractivity contribution in [2.24, 2.45) is 0 Å². The molecule has 0 bridgehead atoms. The number of carbonyl (C=O) groups is 1. The zero-order valence-corrected chi connectivity index (χ0v) is 15.2. The fraction of sp³-hybridized carbons (Fsp3) is 0.450. The smallest absolute Gasteiger partial charge is 0.256 e. The van der Waals surface area contributed by atoms with Crippen LogP contribution in [0, 0.1) is 5.82 Å². The molecule has 3 heterocycles. The normalized spacial score (nSPS) is 24.4. The van der Waals surface area contributed by atoms with E-state index in [0.717, 1.165) is 31.5 Å². The standard InChI is InChI=1S/C20H23FN4O/c1-19(2)13-20(14-25(19)17-6-3-5-16(21)11-17)8-4-10-24(20)18(26)15-7-9-22-23-12-15/h3,5-7,9,11-12H,4,8,10,13-14H2,1-2H3. The molecule has 0 aliphatic carbocycles. The summed E-state index contributed by atoms with van der Waals surface area (Å²) in [7, 11) is 0. The number of hydrogen-bond donors (Lipinski definition) is 0. The fourth-order valence-electron chi connectivity index (χ4n) is 4.73. The van der Waals surface area contributed by atoms with E-state index in [1.165, 1.54) is 12.3 Å². The summed E-state index contributed by atoms with van der Waals surface area (Å²) >= 11 is 0.